The van der Waals surface area contributed by atoms with Crippen LogP contribution in [0.3, 0.4) is 0 Å². The van der Waals surface area contributed by atoms with Crippen molar-refractivity contribution in [3.05, 3.63) is 254 Å². The molecule has 63 heavy (non-hydrogen) atoms. The molecule has 0 aromatic heterocycles. The summed E-state index contributed by atoms with van der Waals surface area (Å²) >= 11 is 0. The van der Waals surface area contributed by atoms with Crippen molar-refractivity contribution in [3.63, 3.8) is 0 Å². The standard InChI is InChI=1S/C61H46N2/c1-61(2)58-22-12-11-21-56(58)57-41-40-54(42-59(57)61)63(60-23-13-19-49-18-9-10-20-55(49)60)53-38-30-48(31-39-53)47-28-36-52(37-29-47)62(50-32-24-45(25-33-50)43-14-5-3-6-15-43)51-34-26-46(27-35-51)44-16-7-4-8-17-44/h3-42H,1-2H3. The smallest absolute Gasteiger partial charge is 0.0540 e. The maximum atomic E-state index is 2.43. The summed E-state index contributed by atoms with van der Waals surface area (Å²) in [7, 11) is 0. The largest absolute Gasteiger partial charge is 0.311 e. The molecule has 0 N–H and O–H groups in total. The van der Waals surface area contributed by atoms with Gasteiger partial charge in [-0.3, -0.25) is 0 Å². The monoisotopic (exact) mass is 806 g/mol. The lowest BCUT2D eigenvalue weighted by atomic mass is 9.82. The molecule has 10 aromatic carbocycles. The van der Waals surface area contributed by atoms with Gasteiger partial charge >= 0.3 is 0 Å². The lowest BCUT2D eigenvalue weighted by Crippen LogP contribution is -2.16. The molecule has 10 aromatic rings. The van der Waals surface area contributed by atoms with Crippen LogP contribution in [0, 0.1) is 0 Å². The Balaban J connectivity index is 0.945. The van der Waals surface area contributed by atoms with Crippen LogP contribution in [0.4, 0.5) is 34.1 Å². The van der Waals surface area contributed by atoms with Gasteiger partial charge in [-0.1, -0.05) is 190 Å². The number of hydrogen-bond acceptors (Lipinski definition) is 2. The summed E-state index contributed by atoms with van der Waals surface area (Å²) in [6, 6.07) is 88.2. The zero-order chi connectivity index (χ0) is 42.3. The minimum Gasteiger partial charge on any atom is -0.311 e. The van der Waals surface area contributed by atoms with Crippen molar-refractivity contribution in [2.75, 3.05) is 9.80 Å². The van der Waals surface area contributed by atoms with Gasteiger partial charge in [-0.25, -0.2) is 0 Å². The second-order valence-corrected chi connectivity index (χ2v) is 17.0. The molecule has 0 heterocycles. The van der Waals surface area contributed by atoms with Crippen LogP contribution in [0.1, 0.15) is 25.0 Å². The van der Waals surface area contributed by atoms with E-state index in [1.807, 2.05) is 0 Å². The number of benzene rings is 10. The molecule has 300 valence electrons. The Labute approximate surface area is 370 Å². The van der Waals surface area contributed by atoms with E-state index < -0.39 is 0 Å². The van der Waals surface area contributed by atoms with Crippen molar-refractivity contribution in [1.82, 2.24) is 0 Å². The van der Waals surface area contributed by atoms with Gasteiger partial charge in [-0.15, -0.1) is 0 Å². The Bertz CT molecular complexity index is 3120. The number of hydrogen-bond donors (Lipinski definition) is 0. The van der Waals surface area contributed by atoms with Crippen molar-refractivity contribution >= 4 is 44.9 Å². The number of fused-ring (bicyclic) bond motifs is 4. The Hall–Kier alpha value is -7.94. The summed E-state index contributed by atoms with van der Waals surface area (Å²) in [6.07, 6.45) is 0. The van der Waals surface area contributed by atoms with Gasteiger partial charge in [0.25, 0.3) is 0 Å². The summed E-state index contributed by atoms with van der Waals surface area (Å²) < 4.78 is 0. The Kier molecular flexibility index (Phi) is 9.55. The van der Waals surface area contributed by atoms with Crippen LogP contribution in [0.15, 0.2) is 243 Å². The van der Waals surface area contributed by atoms with E-state index in [0.29, 0.717) is 0 Å². The molecule has 0 radical (unpaired) electrons. The first-order valence-electron chi connectivity index (χ1n) is 21.8. The molecule has 0 aliphatic heterocycles. The van der Waals surface area contributed by atoms with Crippen LogP contribution >= 0.6 is 0 Å². The van der Waals surface area contributed by atoms with Gasteiger partial charge < -0.3 is 9.80 Å². The molecule has 0 fully saturated rings. The molecule has 0 atom stereocenters. The first-order valence-corrected chi connectivity index (χ1v) is 21.8. The summed E-state index contributed by atoms with van der Waals surface area (Å²) in [6.45, 7) is 4.71. The lowest BCUT2D eigenvalue weighted by Gasteiger charge is -2.29. The van der Waals surface area contributed by atoms with Crippen LogP contribution in [-0.4, -0.2) is 0 Å². The quantitative estimate of drug-likeness (QED) is 0.143. The molecule has 1 aliphatic rings. The molecule has 0 spiro atoms. The van der Waals surface area contributed by atoms with Gasteiger partial charge in [0.2, 0.25) is 0 Å². The number of anilines is 6. The summed E-state index contributed by atoms with van der Waals surface area (Å²) in [5.41, 5.74) is 19.2. The zero-order valence-electron chi connectivity index (χ0n) is 35.5. The minimum absolute atomic E-state index is 0.102. The normalized spacial score (nSPS) is 12.4. The second kappa shape index (κ2) is 15.8. The van der Waals surface area contributed by atoms with E-state index >= 15 is 0 Å². The third-order valence-corrected chi connectivity index (χ3v) is 12.9. The van der Waals surface area contributed by atoms with Gasteiger partial charge in [0.05, 0.1) is 5.69 Å². The van der Waals surface area contributed by atoms with Crippen LogP contribution in [0.5, 0.6) is 0 Å². The third kappa shape index (κ3) is 6.96. The van der Waals surface area contributed by atoms with E-state index in [0.717, 1.165) is 39.7 Å². The third-order valence-electron chi connectivity index (χ3n) is 12.9. The molecule has 0 saturated heterocycles. The topological polar surface area (TPSA) is 6.48 Å². The Morgan fingerprint density at radius 3 is 1.22 bits per heavy atom. The number of nitrogens with zero attached hydrogens (tertiary/aromatic N) is 2. The molecule has 0 saturated carbocycles. The molecule has 0 bridgehead atoms. The van der Waals surface area contributed by atoms with E-state index in [2.05, 4.69) is 266 Å². The van der Waals surface area contributed by atoms with Crippen LogP contribution in [0.2, 0.25) is 0 Å². The van der Waals surface area contributed by atoms with Gasteiger partial charge in [-0.2, -0.15) is 0 Å². The molecule has 1 aliphatic carbocycles. The predicted octanol–water partition coefficient (Wildman–Crippen LogP) is 17.1. The summed E-state index contributed by atoms with van der Waals surface area (Å²) in [4.78, 5) is 4.77. The fourth-order valence-electron chi connectivity index (χ4n) is 9.58. The number of rotatable bonds is 9. The second-order valence-electron chi connectivity index (χ2n) is 17.0. The van der Waals surface area contributed by atoms with Crippen LogP contribution in [0.25, 0.3) is 55.3 Å². The molecular formula is C61H46N2. The van der Waals surface area contributed by atoms with E-state index in [1.54, 1.807) is 0 Å². The van der Waals surface area contributed by atoms with Crippen LogP contribution in [-0.2, 0) is 5.41 Å². The van der Waals surface area contributed by atoms with Gasteiger partial charge in [0.1, 0.15) is 0 Å². The van der Waals surface area contributed by atoms with Crippen molar-refractivity contribution in [3.8, 4) is 44.5 Å². The summed E-state index contributed by atoms with van der Waals surface area (Å²) in [5.74, 6) is 0. The molecule has 0 amide bonds. The zero-order valence-corrected chi connectivity index (χ0v) is 35.5. The highest BCUT2D eigenvalue weighted by Crippen LogP contribution is 2.51. The first kappa shape index (κ1) is 38.0. The highest BCUT2D eigenvalue weighted by atomic mass is 15.1. The fraction of sp³-hybridized carbons (Fsp3) is 0.0492. The van der Waals surface area contributed by atoms with E-state index in [1.165, 1.54) is 60.8 Å². The molecule has 11 rings (SSSR count). The van der Waals surface area contributed by atoms with E-state index in [4.69, 9.17) is 0 Å². The highest BCUT2D eigenvalue weighted by Gasteiger charge is 2.35. The van der Waals surface area contributed by atoms with Crippen molar-refractivity contribution in [1.29, 1.82) is 0 Å². The van der Waals surface area contributed by atoms with E-state index in [-0.39, 0.29) is 5.41 Å². The van der Waals surface area contributed by atoms with Crippen molar-refractivity contribution in [2.45, 2.75) is 19.3 Å². The van der Waals surface area contributed by atoms with Crippen molar-refractivity contribution < 1.29 is 0 Å². The van der Waals surface area contributed by atoms with Gasteiger partial charge in [-0.05, 0) is 128 Å². The molecule has 0 unspecified atom stereocenters. The Morgan fingerprint density at radius 1 is 0.286 bits per heavy atom. The SMILES string of the molecule is CC1(C)c2ccccc2-c2ccc(N(c3ccc(-c4ccc(N(c5ccc(-c6ccccc6)cc5)c5ccc(-c6ccccc6)cc5)cc4)cc3)c3cccc4ccccc34)cc21. The van der Waals surface area contributed by atoms with Crippen LogP contribution < -0.4 is 9.80 Å². The first-order chi connectivity index (χ1) is 31.0. The van der Waals surface area contributed by atoms with Crippen molar-refractivity contribution in [2.24, 2.45) is 0 Å². The Morgan fingerprint density at radius 2 is 0.683 bits per heavy atom. The lowest BCUT2D eigenvalue weighted by molar-refractivity contribution is 0.660. The maximum Gasteiger partial charge on any atom is 0.0540 e. The highest BCUT2D eigenvalue weighted by molar-refractivity contribution is 5.99. The molecular weight excluding hydrogens is 761 g/mol. The summed E-state index contributed by atoms with van der Waals surface area (Å²) in [5, 5.41) is 2.44. The average molecular weight is 807 g/mol. The van der Waals surface area contributed by atoms with Gasteiger partial charge in [0.15, 0.2) is 0 Å². The molecule has 2 heteroatoms. The maximum absolute atomic E-state index is 2.43. The average Bonchev–Trinajstić information content (AvgIpc) is 3.58. The van der Waals surface area contributed by atoms with Gasteiger partial charge in [0, 0.05) is 39.2 Å². The van der Waals surface area contributed by atoms with E-state index in [9.17, 15) is 0 Å². The predicted molar refractivity (Wildman–Crippen MR) is 267 cm³/mol. The fourth-order valence-corrected chi connectivity index (χ4v) is 9.58. The molecule has 2 nitrogen and oxygen atoms in total. The minimum atomic E-state index is -0.102.